The molecule has 2 fully saturated rings. The Morgan fingerprint density at radius 3 is 2.64 bits per heavy atom. The van der Waals surface area contributed by atoms with E-state index >= 15 is 0 Å². The van der Waals surface area contributed by atoms with Gasteiger partial charge in [0, 0.05) is 5.92 Å². The Hall–Kier alpha value is -2.14. The Morgan fingerprint density at radius 2 is 2.00 bits per heavy atom. The van der Waals surface area contributed by atoms with Crippen molar-refractivity contribution in [3.05, 3.63) is 42.0 Å². The quantitative estimate of drug-likeness (QED) is 0.451. The molecule has 0 amide bonds. The van der Waals surface area contributed by atoms with Gasteiger partial charge in [-0.3, -0.25) is 4.79 Å². The number of aldehydes is 1. The zero-order valence-corrected chi connectivity index (χ0v) is 14.6. The van der Waals surface area contributed by atoms with E-state index in [1.165, 1.54) is 0 Å². The summed E-state index contributed by atoms with van der Waals surface area (Å²) in [5.74, 6) is 0.253. The van der Waals surface area contributed by atoms with Crippen molar-refractivity contribution in [2.75, 3.05) is 7.11 Å². The smallest absolute Gasteiger partial charge is 0.306 e. The second-order valence-electron chi connectivity index (χ2n) is 6.90. The third-order valence-electron chi connectivity index (χ3n) is 5.33. The van der Waals surface area contributed by atoms with Crippen molar-refractivity contribution in [3.8, 4) is 5.75 Å². The molecule has 1 heterocycles. The first-order chi connectivity index (χ1) is 12.0. The van der Waals surface area contributed by atoms with E-state index in [2.05, 4.69) is 13.5 Å². The second kappa shape index (κ2) is 7.40. The van der Waals surface area contributed by atoms with Crippen molar-refractivity contribution in [1.82, 2.24) is 0 Å². The first kappa shape index (κ1) is 17.7. The van der Waals surface area contributed by atoms with Crippen LogP contribution in [-0.4, -0.2) is 31.6 Å². The summed E-state index contributed by atoms with van der Waals surface area (Å²) in [5.41, 5.74) is 2.07. The lowest BCUT2D eigenvalue weighted by Crippen LogP contribution is -2.32. The van der Waals surface area contributed by atoms with E-state index in [0.29, 0.717) is 6.61 Å². The third-order valence-corrected chi connectivity index (χ3v) is 5.33. The standard InChI is InChI=1S/C20H24O5/c1-12-8-17(24-11-14-4-6-16(23-3)7-5-14)13(2)19(12)20-15(10-21)9-18(22)25-20/h4-7,10,13,15,17,19-20H,1,8-9,11H2,2-3H3/t13-,15-,17+,19-,20+/m1/s1. The largest absolute Gasteiger partial charge is 0.497 e. The molecule has 5 heteroatoms. The molecule has 0 radical (unpaired) electrons. The van der Waals surface area contributed by atoms with Gasteiger partial charge in [-0.05, 0) is 30.0 Å². The molecular weight excluding hydrogens is 320 g/mol. The maximum atomic E-state index is 11.6. The second-order valence-corrected chi connectivity index (χ2v) is 6.90. The Balaban J connectivity index is 1.63. The number of rotatable bonds is 6. The van der Waals surface area contributed by atoms with Gasteiger partial charge in [0.2, 0.25) is 0 Å². The van der Waals surface area contributed by atoms with Gasteiger partial charge in [-0.2, -0.15) is 0 Å². The average molecular weight is 344 g/mol. The summed E-state index contributed by atoms with van der Waals surface area (Å²) >= 11 is 0. The van der Waals surface area contributed by atoms with Gasteiger partial charge in [-0.1, -0.05) is 31.2 Å². The van der Waals surface area contributed by atoms with Gasteiger partial charge in [0.1, 0.15) is 18.1 Å². The van der Waals surface area contributed by atoms with E-state index in [0.717, 1.165) is 29.6 Å². The summed E-state index contributed by atoms with van der Waals surface area (Å²) in [4.78, 5) is 22.9. The molecule has 134 valence electrons. The zero-order valence-electron chi connectivity index (χ0n) is 14.6. The summed E-state index contributed by atoms with van der Waals surface area (Å²) in [7, 11) is 1.64. The van der Waals surface area contributed by atoms with Crippen molar-refractivity contribution < 1.29 is 23.8 Å². The van der Waals surface area contributed by atoms with Crippen LogP contribution in [0.3, 0.4) is 0 Å². The Kier molecular flexibility index (Phi) is 5.23. The summed E-state index contributed by atoms with van der Waals surface area (Å²) in [6.07, 6.45) is 1.33. The molecule has 1 saturated heterocycles. The SMILES string of the molecule is C=C1C[C@H](OCc2ccc(OC)cc2)[C@@H](C)[C@@H]1[C@H]1OC(=O)C[C@@H]1C=O. The number of carbonyl (C=O) groups excluding carboxylic acids is 2. The Labute approximate surface area is 148 Å². The normalized spacial score (nSPS) is 31.8. The van der Waals surface area contributed by atoms with E-state index in [4.69, 9.17) is 14.2 Å². The van der Waals surface area contributed by atoms with Gasteiger partial charge < -0.3 is 19.0 Å². The van der Waals surface area contributed by atoms with Crippen LogP contribution in [0.2, 0.25) is 0 Å². The van der Waals surface area contributed by atoms with Gasteiger partial charge in [0.15, 0.2) is 0 Å². The summed E-state index contributed by atoms with van der Waals surface area (Å²) in [5, 5.41) is 0. The molecule has 0 spiro atoms. The molecule has 1 aliphatic heterocycles. The number of carbonyl (C=O) groups is 2. The highest BCUT2D eigenvalue weighted by Gasteiger charge is 2.48. The molecular formula is C20H24O5. The Bertz CT molecular complexity index is 651. The number of methoxy groups -OCH3 is 1. The van der Waals surface area contributed by atoms with E-state index in [-0.39, 0.29) is 36.2 Å². The summed E-state index contributed by atoms with van der Waals surface area (Å²) in [6.45, 7) is 6.73. The van der Waals surface area contributed by atoms with Crippen LogP contribution in [0.4, 0.5) is 0 Å². The number of hydrogen-bond donors (Lipinski definition) is 0. The lowest BCUT2D eigenvalue weighted by Gasteiger charge is -2.27. The van der Waals surface area contributed by atoms with Crippen LogP contribution in [0.1, 0.15) is 25.3 Å². The fourth-order valence-corrected chi connectivity index (χ4v) is 3.91. The molecule has 0 N–H and O–H groups in total. The molecule has 1 aromatic rings. The minimum absolute atomic E-state index is 0.00575. The molecule has 2 aliphatic rings. The lowest BCUT2D eigenvalue weighted by molar-refractivity contribution is -0.143. The average Bonchev–Trinajstić information content (AvgIpc) is 3.12. The van der Waals surface area contributed by atoms with Crippen molar-refractivity contribution in [2.45, 2.75) is 38.6 Å². The van der Waals surface area contributed by atoms with E-state index in [1.54, 1.807) is 7.11 Å². The first-order valence-electron chi connectivity index (χ1n) is 8.60. The van der Waals surface area contributed by atoms with Crippen LogP contribution in [0, 0.1) is 17.8 Å². The van der Waals surface area contributed by atoms with E-state index < -0.39 is 6.10 Å². The maximum absolute atomic E-state index is 11.6. The highest BCUT2D eigenvalue weighted by atomic mass is 16.6. The predicted octanol–water partition coefficient (Wildman–Crippen LogP) is 2.92. The molecule has 1 aromatic carbocycles. The fraction of sp³-hybridized carbons (Fsp3) is 0.500. The highest BCUT2D eigenvalue weighted by Crippen LogP contribution is 2.44. The van der Waals surface area contributed by atoms with Crippen LogP contribution >= 0.6 is 0 Å². The highest BCUT2D eigenvalue weighted by molar-refractivity contribution is 5.77. The number of benzene rings is 1. The summed E-state index contributed by atoms with van der Waals surface area (Å²) < 4.78 is 16.7. The minimum Gasteiger partial charge on any atom is -0.497 e. The van der Waals surface area contributed by atoms with Crippen LogP contribution in [0.15, 0.2) is 36.4 Å². The lowest BCUT2D eigenvalue weighted by atomic mass is 9.83. The maximum Gasteiger partial charge on any atom is 0.306 e. The number of ether oxygens (including phenoxy) is 3. The van der Waals surface area contributed by atoms with Crippen molar-refractivity contribution in [3.63, 3.8) is 0 Å². The van der Waals surface area contributed by atoms with Gasteiger partial charge in [-0.25, -0.2) is 0 Å². The van der Waals surface area contributed by atoms with Gasteiger partial charge in [0.25, 0.3) is 0 Å². The predicted molar refractivity (Wildman–Crippen MR) is 92.0 cm³/mol. The minimum atomic E-state index is -0.401. The zero-order chi connectivity index (χ0) is 18.0. The number of esters is 1. The molecule has 0 aromatic heterocycles. The molecule has 1 aliphatic carbocycles. The van der Waals surface area contributed by atoms with Crippen LogP contribution < -0.4 is 4.74 Å². The molecule has 5 nitrogen and oxygen atoms in total. The number of cyclic esters (lactones) is 1. The first-order valence-corrected chi connectivity index (χ1v) is 8.60. The molecule has 1 saturated carbocycles. The molecule has 0 unspecified atom stereocenters. The number of hydrogen-bond acceptors (Lipinski definition) is 5. The van der Waals surface area contributed by atoms with Crippen molar-refractivity contribution in [2.24, 2.45) is 17.8 Å². The van der Waals surface area contributed by atoms with Crippen molar-refractivity contribution >= 4 is 12.3 Å². The molecule has 25 heavy (non-hydrogen) atoms. The van der Waals surface area contributed by atoms with Crippen LogP contribution in [-0.2, 0) is 25.7 Å². The van der Waals surface area contributed by atoms with E-state index in [1.807, 2.05) is 24.3 Å². The van der Waals surface area contributed by atoms with Gasteiger partial charge in [0.05, 0.1) is 32.2 Å². The fourth-order valence-electron chi connectivity index (χ4n) is 3.91. The van der Waals surface area contributed by atoms with Crippen LogP contribution in [0.5, 0.6) is 5.75 Å². The molecule has 0 bridgehead atoms. The molecule has 5 atom stereocenters. The molecule has 3 rings (SSSR count). The summed E-state index contributed by atoms with van der Waals surface area (Å²) in [6, 6.07) is 7.77. The topological polar surface area (TPSA) is 61.8 Å². The third kappa shape index (κ3) is 3.61. The Morgan fingerprint density at radius 1 is 1.28 bits per heavy atom. The van der Waals surface area contributed by atoms with Gasteiger partial charge in [-0.15, -0.1) is 0 Å². The van der Waals surface area contributed by atoms with Crippen LogP contribution in [0.25, 0.3) is 0 Å². The monoisotopic (exact) mass is 344 g/mol. The van der Waals surface area contributed by atoms with Crippen molar-refractivity contribution in [1.29, 1.82) is 0 Å². The van der Waals surface area contributed by atoms with Gasteiger partial charge >= 0.3 is 5.97 Å². The van der Waals surface area contributed by atoms with E-state index in [9.17, 15) is 9.59 Å².